The number of amides is 1. The van der Waals surface area contributed by atoms with Gasteiger partial charge in [-0.25, -0.2) is 4.98 Å². The van der Waals surface area contributed by atoms with Gasteiger partial charge in [0.2, 0.25) is 5.91 Å². The van der Waals surface area contributed by atoms with Gasteiger partial charge in [0.15, 0.2) is 0 Å². The van der Waals surface area contributed by atoms with E-state index in [0.717, 1.165) is 35.4 Å². The van der Waals surface area contributed by atoms with E-state index < -0.39 is 0 Å². The van der Waals surface area contributed by atoms with Gasteiger partial charge < -0.3 is 19.2 Å². The van der Waals surface area contributed by atoms with Crippen molar-refractivity contribution in [3.63, 3.8) is 0 Å². The first-order valence-corrected chi connectivity index (χ1v) is 12.7. The van der Waals surface area contributed by atoms with Crippen molar-refractivity contribution in [2.75, 3.05) is 19.0 Å². The second-order valence-corrected chi connectivity index (χ2v) is 9.56. The zero-order valence-corrected chi connectivity index (χ0v) is 21.8. The van der Waals surface area contributed by atoms with E-state index in [4.69, 9.17) is 18.9 Å². The summed E-state index contributed by atoms with van der Waals surface area (Å²) in [7, 11) is 1.67. The number of aryl methyl sites for hydroxylation is 1. The average Bonchev–Trinajstić information content (AvgIpc) is 3.43. The van der Waals surface area contributed by atoms with Crippen LogP contribution in [-0.4, -0.2) is 29.2 Å². The second-order valence-electron chi connectivity index (χ2n) is 9.56. The highest BCUT2D eigenvalue weighted by molar-refractivity contribution is 5.88. The molecule has 0 fully saturated rings. The first kappa shape index (κ1) is 25.3. The molecule has 8 nitrogen and oxygen atoms in total. The number of carbonyl (C=O) groups excluding carboxylic acids is 1. The van der Waals surface area contributed by atoms with Gasteiger partial charge >= 0.3 is 0 Å². The fraction of sp³-hybridized carbons (Fsp3) is 0.300. The number of allylic oxidation sites excluding steroid dienone is 3. The molecule has 8 heteroatoms. The molecule has 0 radical (unpaired) electrons. The highest BCUT2D eigenvalue weighted by Crippen LogP contribution is 2.36. The van der Waals surface area contributed by atoms with E-state index in [1.54, 1.807) is 30.1 Å². The van der Waals surface area contributed by atoms with Crippen molar-refractivity contribution in [1.82, 2.24) is 9.55 Å². The van der Waals surface area contributed by atoms with E-state index in [1.165, 1.54) is 6.92 Å². The number of furan rings is 1. The highest BCUT2D eigenvalue weighted by Gasteiger charge is 2.27. The second kappa shape index (κ2) is 11.0. The molecule has 0 saturated carbocycles. The van der Waals surface area contributed by atoms with Gasteiger partial charge in [0, 0.05) is 24.6 Å². The maximum absolute atomic E-state index is 13.6. The van der Waals surface area contributed by atoms with Crippen LogP contribution in [0.2, 0.25) is 0 Å². The maximum atomic E-state index is 13.6. The van der Waals surface area contributed by atoms with Crippen molar-refractivity contribution in [3.05, 3.63) is 99.3 Å². The topological polar surface area (TPSA) is 95.6 Å². The van der Waals surface area contributed by atoms with Crippen LogP contribution in [0.3, 0.4) is 0 Å². The van der Waals surface area contributed by atoms with E-state index in [2.05, 4.69) is 12.2 Å². The Hall–Kier alpha value is -4.33. The molecule has 0 spiro atoms. The number of benzene rings is 1. The number of ether oxygens (including phenoxy) is 2. The normalized spacial score (nSPS) is 16.6. The summed E-state index contributed by atoms with van der Waals surface area (Å²) in [5.41, 5.74) is 3.97. The molecule has 0 bridgehead atoms. The Kier molecular flexibility index (Phi) is 7.31. The zero-order valence-electron chi connectivity index (χ0n) is 21.8. The molecule has 2 heterocycles. The molecule has 0 aliphatic heterocycles. The van der Waals surface area contributed by atoms with E-state index in [1.807, 2.05) is 42.5 Å². The van der Waals surface area contributed by atoms with Crippen molar-refractivity contribution in [1.29, 1.82) is 0 Å². The van der Waals surface area contributed by atoms with Crippen LogP contribution in [0.15, 0.2) is 75.4 Å². The summed E-state index contributed by atoms with van der Waals surface area (Å²) in [4.78, 5) is 29.9. The van der Waals surface area contributed by atoms with Crippen LogP contribution in [0.4, 0.5) is 5.69 Å². The molecule has 196 valence electrons. The Labute approximate surface area is 221 Å². The minimum absolute atomic E-state index is 0.0657. The number of hydrogen-bond acceptors (Lipinski definition) is 6. The average molecular weight is 514 g/mol. The van der Waals surface area contributed by atoms with Crippen LogP contribution >= 0.6 is 0 Å². The number of hydrogen-bond donors (Lipinski definition) is 1. The molecule has 2 aliphatic rings. The van der Waals surface area contributed by atoms with Crippen molar-refractivity contribution in [2.45, 2.75) is 39.7 Å². The Morgan fingerprint density at radius 1 is 1.24 bits per heavy atom. The monoisotopic (exact) mass is 513 g/mol. The van der Waals surface area contributed by atoms with Gasteiger partial charge in [-0.1, -0.05) is 19.1 Å². The summed E-state index contributed by atoms with van der Waals surface area (Å²) >= 11 is 0. The van der Waals surface area contributed by atoms with Crippen molar-refractivity contribution in [3.8, 4) is 5.75 Å². The zero-order chi connectivity index (χ0) is 26.6. The summed E-state index contributed by atoms with van der Waals surface area (Å²) in [6.45, 7) is 4.17. The number of anilines is 1. The number of nitrogens with one attached hydrogen (secondary N) is 1. The first-order valence-electron chi connectivity index (χ1n) is 12.7. The summed E-state index contributed by atoms with van der Waals surface area (Å²) < 4.78 is 19.1. The third-order valence-electron chi connectivity index (χ3n) is 6.79. The predicted molar refractivity (Wildman–Crippen MR) is 146 cm³/mol. The Morgan fingerprint density at radius 3 is 2.76 bits per heavy atom. The molecule has 1 N–H and O–H groups in total. The smallest absolute Gasteiger partial charge is 0.261 e. The lowest BCUT2D eigenvalue weighted by atomic mass is 9.87. The van der Waals surface area contributed by atoms with Crippen LogP contribution in [0.25, 0.3) is 11.6 Å². The van der Waals surface area contributed by atoms with Crippen molar-refractivity contribution < 1.29 is 18.7 Å². The molecule has 1 unspecified atom stereocenters. The molecule has 5 rings (SSSR count). The van der Waals surface area contributed by atoms with Gasteiger partial charge in [-0.05, 0) is 66.8 Å². The number of carbonyl (C=O) groups is 1. The van der Waals surface area contributed by atoms with Gasteiger partial charge in [-0.2, -0.15) is 0 Å². The third-order valence-corrected chi connectivity index (χ3v) is 6.79. The number of nitrogens with zero attached hydrogens (tertiary/aromatic N) is 2. The fourth-order valence-electron chi connectivity index (χ4n) is 4.87. The molecule has 38 heavy (non-hydrogen) atoms. The van der Waals surface area contributed by atoms with Crippen LogP contribution in [-0.2, 0) is 22.5 Å². The van der Waals surface area contributed by atoms with Crippen LogP contribution < -0.4 is 15.6 Å². The van der Waals surface area contributed by atoms with Gasteiger partial charge in [0.05, 0.1) is 31.2 Å². The molecule has 3 aromatic rings. The lowest BCUT2D eigenvalue weighted by Gasteiger charge is -2.27. The molecular weight excluding hydrogens is 482 g/mol. The van der Waals surface area contributed by atoms with E-state index in [0.29, 0.717) is 41.6 Å². The van der Waals surface area contributed by atoms with Crippen LogP contribution in [0, 0.1) is 5.92 Å². The summed E-state index contributed by atoms with van der Waals surface area (Å²) in [5, 5.41) is 2.75. The number of fused-ring (bicyclic) bond motifs is 1. The molecule has 1 atom stereocenters. The SMILES string of the molecule is COC1=C(COc2ccc(NC(C)=O)cc2)C=C(c2nc3c(c(=O)n2Cc2ccco2)C=CCC3)C(C)C1. The molecular formula is C30H31N3O5. The largest absolute Gasteiger partial charge is 0.501 e. The van der Waals surface area contributed by atoms with E-state index >= 15 is 0 Å². The van der Waals surface area contributed by atoms with Crippen molar-refractivity contribution >= 4 is 23.2 Å². The Balaban J connectivity index is 1.49. The van der Waals surface area contributed by atoms with Gasteiger partial charge in [0.25, 0.3) is 5.56 Å². The molecule has 1 aromatic carbocycles. The summed E-state index contributed by atoms with van der Waals surface area (Å²) in [6.07, 6.45) is 9.83. The quantitative estimate of drug-likeness (QED) is 0.445. The highest BCUT2D eigenvalue weighted by atomic mass is 16.5. The predicted octanol–water partition coefficient (Wildman–Crippen LogP) is 5.21. The van der Waals surface area contributed by atoms with Crippen molar-refractivity contribution in [2.24, 2.45) is 5.92 Å². The third kappa shape index (κ3) is 5.34. The molecule has 2 aliphatic carbocycles. The lowest BCUT2D eigenvalue weighted by molar-refractivity contribution is -0.114. The number of rotatable bonds is 8. The minimum atomic E-state index is -0.125. The lowest BCUT2D eigenvalue weighted by Crippen LogP contribution is -2.31. The minimum Gasteiger partial charge on any atom is -0.501 e. The van der Waals surface area contributed by atoms with E-state index in [9.17, 15) is 9.59 Å². The molecule has 2 aromatic heterocycles. The first-order chi connectivity index (χ1) is 18.4. The number of methoxy groups -OCH3 is 1. The van der Waals surface area contributed by atoms with Gasteiger partial charge in [-0.3, -0.25) is 14.2 Å². The van der Waals surface area contributed by atoms with Gasteiger partial charge in [-0.15, -0.1) is 0 Å². The standard InChI is InChI=1S/C30H31N3O5/c1-19-15-28(36-3)21(18-38-23-12-10-22(11-13-23)31-20(2)34)16-26(19)29-32-27-9-5-4-8-25(27)30(35)33(29)17-24-7-6-14-37-24/h4,6-8,10-14,16,19H,5,9,15,17-18H2,1-3H3,(H,31,34). The molecule has 1 amide bonds. The van der Waals surface area contributed by atoms with Gasteiger partial charge in [0.1, 0.15) is 29.7 Å². The molecule has 0 saturated heterocycles. The number of aromatic nitrogens is 2. The van der Waals surface area contributed by atoms with E-state index in [-0.39, 0.29) is 24.0 Å². The maximum Gasteiger partial charge on any atom is 0.261 e. The van der Waals surface area contributed by atoms with Crippen LogP contribution in [0.5, 0.6) is 5.75 Å². The van der Waals surface area contributed by atoms with Crippen LogP contribution in [0.1, 0.15) is 49.5 Å². The Bertz CT molecular complexity index is 1480. The summed E-state index contributed by atoms with van der Waals surface area (Å²) in [5.74, 6) is 2.82. The Morgan fingerprint density at radius 2 is 2.05 bits per heavy atom. The fourth-order valence-corrected chi connectivity index (χ4v) is 4.87. The summed E-state index contributed by atoms with van der Waals surface area (Å²) in [6, 6.07) is 10.9.